The summed E-state index contributed by atoms with van der Waals surface area (Å²) in [5, 5.41) is 10.5. The van der Waals surface area contributed by atoms with E-state index < -0.39 is 17.3 Å². The normalized spacial score (nSPS) is 27.3. The molecule has 0 bridgehead atoms. The maximum absolute atomic E-state index is 13.6. The van der Waals surface area contributed by atoms with Crippen molar-refractivity contribution in [1.82, 2.24) is 0 Å². The number of aromatic hydroxyl groups is 1. The highest BCUT2D eigenvalue weighted by Gasteiger charge is 2.62. The number of anilines is 1. The Bertz CT molecular complexity index is 963. The second-order valence-corrected chi connectivity index (χ2v) is 7.29. The smallest absolute Gasteiger partial charge is 0.241 e. The van der Waals surface area contributed by atoms with Gasteiger partial charge in [0.25, 0.3) is 0 Å². The zero-order valence-corrected chi connectivity index (χ0v) is 15.1. The summed E-state index contributed by atoms with van der Waals surface area (Å²) in [6, 6.07) is 16.0. The molecule has 3 atom stereocenters. The molecule has 1 heterocycles. The first-order valence-electron chi connectivity index (χ1n) is 9.04. The Labute approximate surface area is 158 Å². The molecule has 2 aliphatic rings. The van der Waals surface area contributed by atoms with E-state index in [0.29, 0.717) is 17.7 Å². The van der Waals surface area contributed by atoms with Gasteiger partial charge in [-0.1, -0.05) is 55.1 Å². The van der Waals surface area contributed by atoms with Gasteiger partial charge in [0.05, 0.1) is 17.0 Å². The number of phenols is 1. The fraction of sp³-hybridized carbons (Fsp3) is 0.217. The highest BCUT2D eigenvalue weighted by molar-refractivity contribution is 6.24. The number of hydrogen-bond donors (Lipinski definition) is 1. The van der Waals surface area contributed by atoms with E-state index in [1.165, 1.54) is 4.90 Å². The van der Waals surface area contributed by atoms with Crippen LogP contribution >= 0.6 is 0 Å². The van der Waals surface area contributed by atoms with Gasteiger partial charge in [0.15, 0.2) is 0 Å². The van der Waals surface area contributed by atoms with E-state index in [-0.39, 0.29) is 17.6 Å². The summed E-state index contributed by atoms with van der Waals surface area (Å²) in [4.78, 5) is 28.1. The number of para-hydroxylation sites is 2. The van der Waals surface area contributed by atoms with Crippen molar-refractivity contribution < 1.29 is 14.7 Å². The van der Waals surface area contributed by atoms with Gasteiger partial charge in [0, 0.05) is 11.5 Å². The Balaban J connectivity index is 1.90. The second-order valence-electron chi connectivity index (χ2n) is 7.29. The first kappa shape index (κ1) is 17.3. The van der Waals surface area contributed by atoms with Crippen molar-refractivity contribution in [1.29, 1.82) is 0 Å². The van der Waals surface area contributed by atoms with Gasteiger partial charge in [-0.05, 0) is 37.1 Å². The van der Waals surface area contributed by atoms with Crippen LogP contribution in [0.15, 0.2) is 78.9 Å². The molecule has 0 radical (unpaired) electrons. The van der Waals surface area contributed by atoms with Crippen molar-refractivity contribution >= 4 is 17.5 Å². The van der Waals surface area contributed by atoms with Crippen LogP contribution in [0, 0.1) is 11.3 Å². The lowest BCUT2D eigenvalue weighted by Gasteiger charge is -2.40. The minimum atomic E-state index is -0.982. The number of nitrogens with zero attached hydrogens (tertiary/aromatic N) is 1. The largest absolute Gasteiger partial charge is 0.508 e. The van der Waals surface area contributed by atoms with E-state index in [0.717, 1.165) is 5.57 Å². The maximum atomic E-state index is 13.6. The van der Waals surface area contributed by atoms with Crippen LogP contribution in [0.5, 0.6) is 5.75 Å². The molecule has 0 spiro atoms. The number of phenolic OH excluding ortho intramolecular Hbond substituents is 1. The lowest BCUT2D eigenvalue weighted by Crippen LogP contribution is -2.41. The van der Waals surface area contributed by atoms with Crippen molar-refractivity contribution in [3.8, 4) is 5.75 Å². The van der Waals surface area contributed by atoms with Gasteiger partial charge in [0.2, 0.25) is 11.8 Å². The Morgan fingerprint density at radius 1 is 1.11 bits per heavy atom. The minimum Gasteiger partial charge on any atom is -0.508 e. The molecule has 1 aliphatic carbocycles. The van der Waals surface area contributed by atoms with Gasteiger partial charge in [-0.2, -0.15) is 0 Å². The Morgan fingerprint density at radius 2 is 1.78 bits per heavy atom. The average Bonchev–Trinajstić information content (AvgIpc) is 2.88. The van der Waals surface area contributed by atoms with Gasteiger partial charge in [-0.3, -0.25) is 9.59 Å². The summed E-state index contributed by atoms with van der Waals surface area (Å²) >= 11 is 0. The average molecular weight is 359 g/mol. The predicted molar refractivity (Wildman–Crippen MR) is 104 cm³/mol. The fourth-order valence-corrected chi connectivity index (χ4v) is 4.55. The lowest BCUT2D eigenvalue weighted by molar-refractivity contribution is -0.127. The summed E-state index contributed by atoms with van der Waals surface area (Å²) in [6.45, 7) is 5.74. The van der Waals surface area contributed by atoms with Crippen LogP contribution in [0.25, 0.3) is 0 Å². The zero-order valence-electron chi connectivity index (χ0n) is 15.1. The van der Waals surface area contributed by atoms with Crippen molar-refractivity contribution in [2.45, 2.75) is 19.3 Å². The second kappa shape index (κ2) is 6.23. The third-order valence-corrected chi connectivity index (χ3v) is 5.93. The minimum absolute atomic E-state index is 0.121. The standard InChI is InChI=1S/C23H21NO3/c1-3-15-13-14-18-21(26)24(16-9-5-4-6-10-16)22(27)23(18,2)20(15)17-11-7-8-12-19(17)25/h3-13,18,20,25H,1,14H2,2H3/t18-,20+,23+/m0/s1. The van der Waals surface area contributed by atoms with Gasteiger partial charge < -0.3 is 5.11 Å². The van der Waals surface area contributed by atoms with Crippen LogP contribution in [-0.2, 0) is 9.59 Å². The van der Waals surface area contributed by atoms with Gasteiger partial charge in [-0.15, -0.1) is 0 Å². The molecular weight excluding hydrogens is 338 g/mol. The molecule has 0 saturated carbocycles. The summed E-state index contributed by atoms with van der Waals surface area (Å²) in [7, 11) is 0. The van der Waals surface area contributed by atoms with Crippen LogP contribution in [0.3, 0.4) is 0 Å². The van der Waals surface area contributed by atoms with Crippen LogP contribution in [-0.4, -0.2) is 16.9 Å². The van der Waals surface area contributed by atoms with Crippen molar-refractivity contribution in [3.05, 3.63) is 84.5 Å². The highest BCUT2D eigenvalue weighted by Crippen LogP contribution is 2.57. The molecule has 2 aromatic carbocycles. The highest BCUT2D eigenvalue weighted by atomic mass is 16.3. The molecule has 0 aromatic heterocycles. The first-order valence-corrected chi connectivity index (χ1v) is 9.04. The molecule has 1 aliphatic heterocycles. The molecule has 2 aromatic rings. The third-order valence-electron chi connectivity index (χ3n) is 5.93. The fourth-order valence-electron chi connectivity index (χ4n) is 4.55. The van der Waals surface area contributed by atoms with E-state index in [4.69, 9.17) is 0 Å². The third kappa shape index (κ3) is 2.36. The number of benzene rings is 2. The zero-order chi connectivity index (χ0) is 19.2. The monoisotopic (exact) mass is 359 g/mol. The molecule has 1 saturated heterocycles. The van der Waals surface area contributed by atoms with Gasteiger partial charge >= 0.3 is 0 Å². The molecule has 136 valence electrons. The number of carbonyl (C=O) groups excluding carboxylic acids is 2. The number of amides is 2. The summed E-state index contributed by atoms with van der Waals surface area (Å²) in [5.74, 6) is -1.20. The van der Waals surface area contributed by atoms with Crippen molar-refractivity contribution in [2.75, 3.05) is 4.90 Å². The molecule has 4 heteroatoms. The summed E-state index contributed by atoms with van der Waals surface area (Å²) in [5.41, 5.74) is 1.11. The maximum Gasteiger partial charge on any atom is 0.241 e. The predicted octanol–water partition coefficient (Wildman–Crippen LogP) is 4.19. The van der Waals surface area contributed by atoms with E-state index in [1.54, 1.807) is 30.3 Å². The molecule has 0 unspecified atom stereocenters. The van der Waals surface area contributed by atoms with E-state index >= 15 is 0 Å². The van der Waals surface area contributed by atoms with Gasteiger partial charge in [-0.25, -0.2) is 4.90 Å². The first-order chi connectivity index (χ1) is 13.0. The quantitative estimate of drug-likeness (QED) is 0.836. The van der Waals surface area contributed by atoms with Crippen molar-refractivity contribution in [3.63, 3.8) is 0 Å². The Morgan fingerprint density at radius 3 is 2.44 bits per heavy atom. The van der Waals surface area contributed by atoms with Crippen LogP contribution in [0.4, 0.5) is 5.69 Å². The lowest BCUT2D eigenvalue weighted by atomic mass is 9.60. The Kier molecular flexibility index (Phi) is 3.99. The molecule has 2 amide bonds. The van der Waals surface area contributed by atoms with E-state index in [2.05, 4.69) is 6.58 Å². The van der Waals surface area contributed by atoms with Crippen molar-refractivity contribution in [2.24, 2.45) is 11.3 Å². The van der Waals surface area contributed by atoms with Crippen LogP contribution < -0.4 is 4.90 Å². The molecule has 27 heavy (non-hydrogen) atoms. The molecule has 4 rings (SSSR count). The number of allylic oxidation sites excluding steroid dienone is 3. The Hall–Kier alpha value is -3.14. The van der Waals surface area contributed by atoms with Crippen LogP contribution in [0.2, 0.25) is 0 Å². The molecule has 1 N–H and O–H groups in total. The van der Waals surface area contributed by atoms with Crippen LogP contribution in [0.1, 0.15) is 24.8 Å². The number of rotatable bonds is 3. The SMILES string of the molecule is C=CC1=CC[C@H]2C(=O)N(c3ccccc3)C(=O)[C@@]2(C)[C@H]1c1ccccc1O. The van der Waals surface area contributed by atoms with Gasteiger partial charge in [0.1, 0.15) is 5.75 Å². The number of fused-ring (bicyclic) bond motifs is 1. The molecular formula is C23H21NO3. The molecule has 4 nitrogen and oxygen atoms in total. The topological polar surface area (TPSA) is 57.6 Å². The molecule has 1 fully saturated rings. The van der Waals surface area contributed by atoms with E-state index in [9.17, 15) is 14.7 Å². The number of imide groups is 1. The number of hydrogen-bond acceptors (Lipinski definition) is 3. The van der Waals surface area contributed by atoms with E-state index in [1.807, 2.05) is 43.3 Å². The number of carbonyl (C=O) groups is 2. The summed E-state index contributed by atoms with van der Waals surface area (Å²) in [6.07, 6.45) is 4.17. The summed E-state index contributed by atoms with van der Waals surface area (Å²) < 4.78 is 0.